The van der Waals surface area contributed by atoms with Crippen molar-refractivity contribution in [2.24, 2.45) is 0 Å². The molecule has 0 bridgehead atoms. The summed E-state index contributed by atoms with van der Waals surface area (Å²) in [6.07, 6.45) is -1.51. The molecule has 0 aliphatic carbocycles. The van der Waals surface area contributed by atoms with Crippen LogP contribution in [0.2, 0.25) is 0 Å². The van der Waals surface area contributed by atoms with E-state index in [1.54, 1.807) is 60.7 Å². The second kappa shape index (κ2) is 11.5. The van der Waals surface area contributed by atoms with Gasteiger partial charge in [-0.2, -0.15) is 0 Å². The van der Waals surface area contributed by atoms with E-state index < -0.39 is 12.2 Å². The lowest BCUT2D eigenvalue weighted by molar-refractivity contribution is 0.109. The van der Waals surface area contributed by atoms with Crippen LogP contribution in [-0.4, -0.2) is 31.8 Å². The monoisotopic (exact) mass is 558 g/mol. The highest BCUT2D eigenvalue weighted by atomic mass is 16.4. The molecule has 5 rings (SSSR count). The number of aliphatic hydroxyl groups is 3. The van der Waals surface area contributed by atoms with Crippen molar-refractivity contribution in [3.8, 4) is 11.5 Å². The number of carbonyl (C=O) groups is 1. The zero-order chi connectivity index (χ0) is 29.3. The topological polar surface area (TPSA) is 158 Å². The smallest absolute Gasteiger partial charge is 0.185 e. The molecule has 212 valence electrons. The first kappa shape index (κ1) is 28.0. The quantitative estimate of drug-likeness (QED) is 0.146. The van der Waals surface area contributed by atoms with Crippen molar-refractivity contribution in [2.45, 2.75) is 45.5 Å². The Morgan fingerprint density at radius 2 is 1.15 bits per heavy atom. The second-order valence-electron chi connectivity index (χ2n) is 10.1. The van der Waals surface area contributed by atoms with Crippen LogP contribution in [0.5, 0.6) is 11.5 Å². The SMILES string of the molecule is Cc1cc(Cc2ccc(C=O)o2)c(O)c(C(O)c2ccc(Cc3cc(C)cc(C(O)c4ccc(CO)o4)c3O)o2)c1. The molecular formula is C32H30O9. The van der Waals surface area contributed by atoms with Crippen LogP contribution in [0.15, 0.2) is 73.9 Å². The van der Waals surface area contributed by atoms with E-state index in [1.807, 2.05) is 13.8 Å². The third-order valence-corrected chi connectivity index (χ3v) is 6.90. The minimum Gasteiger partial charge on any atom is -0.507 e. The molecule has 2 aromatic carbocycles. The van der Waals surface area contributed by atoms with Crippen LogP contribution >= 0.6 is 0 Å². The predicted molar refractivity (Wildman–Crippen MR) is 147 cm³/mol. The molecule has 0 fully saturated rings. The van der Waals surface area contributed by atoms with Crippen molar-refractivity contribution >= 4 is 6.29 Å². The van der Waals surface area contributed by atoms with Gasteiger partial charge in [-0.3, -0.25) is 4.79 Å². The number of rotatable bonds is 10. The first-order valence-electron chi connectivity index (χ1n) is 13.0. The molecule has 41 heavy (non-hydrogen) atoms. The molecule has 9 nitrogen and oxygen atoms in total. The number of carbonyl (C=O) groups excluding carboxylic acids is 1. The van der Waals surface area contributed by atoms with Gasteiger partial charge in [0.1, 0.15) is 59.1 Å². The van der Waals surface area contributed by atoms with E-state index >= 15 is 0 Å². The Morgan fingerprint density at radius 1 is 0.683 bits per heavy atom. The number of furan rings is 3. The van der Waals surface area contributed by atoms with Gasteiger partial charge in [-0.25, -0.2) is 0 Å². The molecule has 0 radical (unpaired) electrons. The fourth-order valence-corrected chi connectivity index (χ4v) is 4.95. The molecule has 0 aliphatic rings. The molecule has 2 atom stereocenters. The van der Waals surface area contributed by atoms with Gasteiger partial charge in [0, 0.05) is 35.1 Å². The molecule has 3 heterocycles. The molecular weight excluding hydrogens is 528 g/mol. The van der Waals surface area contributed by atoms with E-state index in [2.05, 4.69) is 0 Å². The number of aliphatic hydroxyl groups excluding tert-OH is 3. The Morgan fingerprint density at radius 3 is 1.61 bits per heavy atom. The third kappa shape index (κ3) is 5.83. The van der Waals surface area contributed by atoms with E-state index in [-0.39, 0.29) is 59.4 Å². The van der Waals surface area contributed by atoms with Crippen LogP contribution in [0.4, 0.5) is 0 Å². The number of benzene rings is 2. The highest BCUT2D eigenvalue weighted by Crippen LogP contribution is 2.37. The van der Waals surface area contributed by atoms with Crippen LogP contribution < -0.4 is 0 Å². The zero-order valence-corrected chi connectivity index (χ0v) is 22.5. The lowest BCUT2D eigenvalue weighted by Crippen LogP contribution is -2.03. The van der Waals surface area contributed by atoms with Gasteiger partial charge in [0.05, 0.1) is 0 Å². The Balaban J connectivity index is 1.38. The standard InChI is InChI=1S/C32H30O9/c1-17-9-19(13-21-3-4-23(15-33)39-21)29(35)25(11-17)31(37)27-7-5-22(40-27)14-20-10-18(2)12-26(30(20)36)32(38)28-8-6-24(16-34)41-28/h3-12,15,31-32,34-38H,13-14,16H2,1-2H3. The highest BCUT2D eigenvalue weighted by molar-refractivity contribution is 5.70. The van der Waals surface area contributed by atoms with Crippen molar-refractivity contribution in [3.05, 3.63) is 129 Å². The number of aldehydes is 1. The maximum Gasteiger partial charge on any atom is 0.185 e. The van der Waals surface area contributed by atoms with Crippen LogP contribution in [0.1, 0.15) is 84.9 Å². The molecule has 5 aromatic rings. The zero-order valence-electron chi connectivity index (χ0n) is 22.5. The Hall–Kier alpha value is -4.57. The van der Waals surface area contributed by atoms with Crippen molar-refractivity contribution in [3.63, 3.8) is 0 Å². The summed E-state index contributed by atoms with van der Waals surface area (Å²) < 4.78 is 16.8. The maximum absolute atomic E-state index is 11.1. The van der Waals surface area contributed by atoms with E-state index in [0.717, 1.165) is 11.1 Å². The van der Waals surface area contributed by atoms with Gasteiger partial charge in [0.15, 0.2) is 12.0 Å². The first-order valence-corrected chi connectivity index (χ1v) is 13.0. The fraction of sp³-hybridized carbons (Fsp3) is 0.219. The van der Waals surface area contributed by atoms with Crippen molar-refractivity contribution < 1.29 is 43.6 Å². The molecule has 0 spiro atoms. The summed E-state index contributed by atoms with van der Waals surface area (Å²) in [7, 11) is 0. The Labute approximate surface area is 235 Å². The molecule has 9 heteroatoms. The summed E-state index contributed by atoms with van der Waals surface area (Å²) in [5.74, 6) is 1.59. The predicted octanol–water partition coefficient (Wildman–Crippen LogP) is 5.14. The fourth-order valence-electron chi connectivity index (χ4n) is 4.95. The molecule has 2 unspecified atom stereocenters. The number of phenols is 2. The van der Waals surface area contributed by atoms with Crippen LogP contribution in [0.3, 0.4) is 0 Å². The van der Waals surface area contributed by atoms with Crippen molar-refractivity contribution in [2.75, 3.05) is 0 Å². The summed E-state index contributed by atoms with van der Waals surface area (Å²) in [5, 5.41) is 53.2. The normalized spacial score (nSPS) is 12.9. The average Bonchev–Trinajstić information content (AvgIpc) is 3.72. The Bertz CT molecular complexity index is 1690. The summed E-state index contributed by atoms with van der Waals surface area (Å²) in [5.41, 5.74) is 3.13. The lowest BCUT2D eigenvalue weighted by Gasteiger charge is -2.16. The number of aryl methyl sites for hydroxylation is 2. The maximum atomic E-state index is 11.1. The lowest BCUT2D eigenvalue weighted by atomic mass is 9.97. The molecule has 5 N–H and O–H groups in total. The molecule has 3 aromatic heterocycles. The van der Waals surface area contributed by atoms with Gasteiger partial charge in [0.25, 0.3) is 0 Å². The van der Waals surface area contributed by atoms with E-state index in [1.165, 1.54) is 0 Å². The van der Waals surface area contributed by atoms with Gasteiger partial charge in [-0.1, -0.05) is 23.3 Å². The van der Waals surface area contributed by atoms with Crippen molar-refractivity contribution in [1.82, 2.24) is 0 Å². The minimum absolute atomic E-state index is 0.109. The number of hydrogen-bond acceptors (Lipinski definition) is 9. The highest BCUT2D eigenvalue weighted by Gasteiger charge is 2.24. The van der Waals surface area contributed by atoms with Crippen LogP contribution in [0.25, 0.3) is 0 Å². The first-order chi connectivity index (χ1) is 19.7. The Kier molecular flexibility index (Phi) is 7.85. The van der Waals surface area contributed by atoms with Crippen LogP contribution in [-0.2, 0) is 19.4 Å². The largest absolute Gasteiger partial charge is 0.507 e. The van der Waals surface area contributed by atoms with Gasteiger partial charge in [-0.05, 0) is 62.4 Å². The summed E-state index contributed by atoms with van der Waals surface area (Å²) in [4.78, 5) is 10.9. The number of aromatic hydroxyl groups is 2. The van der Waals surface area contributed by atoms with Crippen LogP contribution in [0, 0.1) is 13.8 Å². The summed E-state index contributed by atoms with van der Waals surface area (Å²) in [6.45, 7) is 3.36. The van der Waals surface area contributed by atoms with Gasteiger partial charge in [0.2, 0.25) is 0 Å². The number of hydrogen-bond donors (Lipinski definition) is 5. The molecule has 0 amide bonds. The summed E-state index contributed by atoms with van der Waals surface area (Å²) in [6, 6.07) is 16.5. The molecule has 0 saturated carbocycles. The van der Waals surface area contributed by atoms with E-state index in [9.17, 15) is 30.3 Å². The van der Waals surface area contributed by atoms with E-state index in [0.29, 0.717) is 34.7 Å². The van der Waals surface area contributed by atoms with Crippen molar-refractivity contribution in [1.29, 1.82) is 0 Å². The van der Waals surface area contributed by atoms with Gasteiger partial charge >= 0.3 is 0 Å². The number of phenolic OH excluding ortho intramolecular Hbond substituents is 2. The third-order valence-electron chi connectivity index (χ3n) is 6.90. The second-order valence-corrected chi connectivity index (χ2v) is 10.1. The summed E-state index contributed by atoms with van der Waals surface area (Å²) >= 11 is 0. The van der Waals surface area contributed by atoms with E-state index in [4.69, 9.17) is 13.3 Å². The molecule has 0 saturated heterocycles. The average molecular weight is 559 g/mol. The van der Waals surface area contributed by atoms with Gasteiger partial charge in [-0.15, -0.1) is 0 Å². The minimum atomic E-state index is -1.27. The molecule has 0 aliphatic heterocycles. The van der Waals surface area contributed by atoms with Gasteiger partial charge < -0.3 is 38.8 Å².